The zero-order valence-electron chi connectivity index (χ0n) is 17.2. The summed E-state index contributed by atoms with van der Waals surface area (Å²) in [5.41, 5.74) is 0.464. The Kier molecular flexibility index (Phi) is 8.83. The molecular formula is C20H37NO3Si2. The van der Waals surface area contributed by atoms with Crippen molar-refractivity contribution in [2.75, 3.05) is 33.4 Å². The zero-order valence-corrected chi connectivity index (χ0v) is 19.4. The number of hydrogen-bond acceptors (Lipinski definition) is 4. The molecule has 0 amide bonds. The van der Waals surface area contributed by atoms with Crippen molar-refractivity contribution >= 4 is 17.1 Å². The standard InChI is InChI=1S/C20H37NO3Si2/c1-22-20(25(2)3)12-14-21-13-9-15-26(4,5)24-19(16-21)17-23-18-10-7-6-8-11-18/h6-8,10-11,19-20,25H,9,12-17H2,1-5H3. The molecule has 0 saturated carbocycles. The van der Waals surface area contributed by atoms with Crippen molar-refractivity contribution in [1.29, 1.82) is 0 Å². The summed E-state index contributed by atoms with van der Waals surface area (Å²) < 4.78 is 18.3. The van der Waals surface area contributed by atoms with Crippen LogP contribution in [-0.2, 0) is 9.16 Å². The van der Waals surface area contributed by atoms with Crippen LogP contribution < -0.4 is 4.74 Å². The normalized spacial score (nSPS) is 22.6. The smallest absolute Gasteiger partial charge is 0.187 e. The Morgan fingerprint density at radius 2 is 2.00 bits per heavy atom. The predicted molar refractivity (Wildman–Crippen MR) is 114 cm³/mol. The molecule has 1 fully saturated rings. The van der Waals surface area contributed by atoms with E-state index in [9.17, 15) is 0 Å². The number of nitrogens with zero attached hydrogens (tertiary/aromatic N) is 1. The van der Waals surface area contributed by atoms with E-state index in [0.29, 0.717) is 12.3 Å². The first kappa shape index (κ1) is 21.6. The Balaban J connectivity index is 1.93. The first-order chi connectivity index (χ1) is 12.4. The molecule has 1 aromatic carbocycles. The van der Waals surface area contributed by atoms with E-state index < -0.39 is 17.1 Å². The molecule has 1 heterocycles. The summed E-state index contributed by atoms with van der Waals surface area (Å²) >= 11 is 0. The van der Waals surface area contributed by atoms with E-state index in [1.807, 2.05) is 37.4 Å². The summed E-state index contributed by atoms with van der Waals surface area (Å²) in [6.07, 6.45) is 2.52. The highest BCUT2D eigenvalue weighted by atomic mass is 28.4. The maximum absolute atomic E-state index is 6.56. The van der Waals surface area contributed by atoms with Crippen LogP contribution in [0.1, 0.15) is 12.8 Å². The van der Waals surface area contributed by atoms with Crippen molar-refractivity contribution in [1.82, 2.24) is 4.90 Å². The third-order valence-corrected chi connectivity index (χ3v) is 9.78. The van der Waals surface area contributed by atoms with Crippen LogP contribution in [0.25, 0.3) is 0 Å². The van der Waals surface area contributed by atoms with Gasteiger partial charge in [-0.05, 0) is 50.7 Å². The van der Waals surface area contributed by atoms with Gasteiger partial charge in [0.1, 0.15) is 12.4 Å². The van der Waals surface area contributed by atoms with Crippen LogP contribution in [0.4, 0.5) is 0 Å². The zero-order chi connectivity index (χ0) is 19.0. The minimum Gasteiger partial charge on any atom is -0.491 e. The molecule has 0 aliphatic carbocycles. The molecule has 0 radical (unpaired) electrons. The van der Waals surface area contributed by atoms with E-state index in [1.54, 1.807) is 0 Å². The monoisotopic (exact) mass is 395 g/mol. The minimum absolute atomic E-state index is 0.148. The van der Waals surface area contributed by atoms with E-state index in [-0.39, 0.29) is 6.10 Å². The first-order valence-electron chi connectivity index (χ1n) is 10.0. The Morgan fingerprint density at radius 3 is 2.65 bits per heavy atom. The molecule has 1 saturated heterocycles. The van der Waals surface area contributed by atoms with Crippen LogP contribution in [0, 0.1) is 0 Å². The second-order valence-electron chi connectivity index (χ2n) is 8.33. The third-order valence-electron chi connectivity index (χ3n) is 5.16. The lowest BCUT2D eigenvalue weighted by Crippen LogP contribution is -2.48. The summed E-state index contributed by atoms with van der Waals surface area (Å²) in [5.74, 6) is 0.925. The van der Waals surface area contributed by atoms with Crippen molar-refractivity contribution < 1.29 is 13.9 Å². The van der Waals surface area contributed by atoms with Gasteiger partial charge in [-0.3, -0.25) is 0 Å². The van der Waals surface area contributed by atoms with E-state index >= 15 is 0 Å². The quantitative estimate of drug-likeness (QED) is 0.627. The Labute approximate surface area is 162 Å². The highest BCUT2D eigenvalue weighted by Gasteiger charge is 2.31. The molecule has 0 bridgehead atoms. The first-order valence-corrected chi connectivity index (χ1v) is 16.1. The van der Waals surface area contributed by atoms with E-state index in [4.69, 9.17) is 13.9 Å². The van der Waals surface area contributed by atoms with Crippen LogP contribution in [0.2, 0.25) is 32.2 Å². The average Bonchev–Trinajstić information content (AvgIpc) is 2.58. The summed E-state index contributed by atoms with van der Waals surface area (Å²) in [5, 5.41) is 0. The second kappa shape index (κ2) is 10.6. The molecule has 2 rings (SSSR count). The molecule has 0 aromatic heterocycles. The maximum Gasteiger partial charge on any atom is 0.187 e. The van der Waals surface area contributed by atoms with Gasteiger partial charge in [0.05, 0.1) is 14.9 Å². The lowest BCUT2D eigenvalue weighted by atomic mass is 10.2. The topological polar surface area (TPSA) is 30.9 Å². The molecule has 1 aliphatic rings. The van der Waals surface area contributed by atoms with Gasteiger partial charge in [0, 0.05) is 25.9 Å². The van der Waals surface area contributed by atoms with E-state index in [0.717, 1.165) is 31.8 Å². The fraction of sp³-hybridized carbons (Fsp3) is 0.700. The molecule has 148 valence electrons. The maximum atomic E-state index is 6.56. The number of para-hydroxylation sites is 1. The number of hydrogen-bond donors (Lipinski definition) is 0. The molecule has 2 atom stereocenters. The Bertz CT molecular complexity index is 513. The molecule has 2 unspecified atom stereocenters. The lowest BCUT2D eigenvalue weighted by molar-refractivity contribution is 0.0650. The molecule has 4 nitrogen and oxygen atoms in total. The van der Waals surface area contributed by atoms with Crippen molar-refractivity contribution in [3.8, 4) is 5.75 Å². The fourth-order valence-corrected chi connectivity index (χ4v) is 7.22. The largest absolute Gasteiger partial charge is 0.491 e. The molecule has 0 N–H and O–H groups in total. The highest BCUT2D eigenvalue weighted by molar-refractivity contribution is 6.71. The summed E-state index contributed by atoms with van der Waals surface area (Å²) in [4.78, 5) is 2.56. The van der Waals surface area contributed by atoms with Crippen LogP contribution in [-0.4, -0.2) is 67.2 Å². The summed E-state index contributed by atoms with van der Waals surface area (Å²) in [7, 11) is -0.505. The Morgan fingerprint density at radius 1 is 1.27 bits per heavy atom. The van der Waals surface area contributed by atoms with Crippen molar-refractivity contribution in [3.63, 3.8) is 0 Å². The van der Waals surface area contributed by atoms with E-state index in [2.05, 4.69) is 31.1 Å². The van der Waals surface area contributed by atoms with Gasteiger partial charge in [-0.25, -0.2) is 0 Å². The van der Waals surface area contributed by atoms with Gasteiger partial charge < -0.3 is 18.8 Å². The number of benzene rings is 1. The number of ether oxygens (including phenoxy) is 2. The second-order valence-corrected chi connectivity index (χ2v) is 15.8. The van der Waals surface area contributed by atoms with Gasteiger partial charge in [0.15, 0.2) is 8.32 Å². The van der Waals surface area contributed by atoms with Gasteiger partial charge in [-0.2, -0.15) is 0 Å². The van der Waals surface area contributed by atoms with Crippen LogP contribution in [0.5, 0.6) is 5.75 Å². The van der Waals surface area contributed by atoms with Crippen molar-refractivity contribution in [2.24, 2.45) is 0 Å². The van der Waals surface area contributed by atoms with E-state index in [1.165, 1.54) is 12.5 Å². The van der Waals surface area contributed by atoms with Gasteiger partial charge in [0.25, 0.3) is 0 Å². The number of methoxy groups -OCH3 is 1. The highest BCUT2D eigenvalue weighted by Crippen LogP contribution is 2.21. The van der Waals surface area contributed by atoms with Gasteiger partial charge in [-0.15, -0.1) is 0 Å². The van der Waals surface area contributed by atoms with Crippen LogP contribution in [0.15, 0.2) is 30.3 Å². The SMILES string of the molecule is COC(CCN1CCC[Si](C)(C)OC(COc2ccccc2)C1)[SiH](C)C. The number of rotatable bonds is 8. The fourth-order valence-electron chi connectivity index (χ4n) is 3.68. The summed E-state index contributed by atoms with van der Waals surface area (Å²) in [6.45, 7) is 13.3. The molecule has 1 aliphatic heterocycles. The molecular weight excluding hydrogens is 358 g/mol. The predicted octanol–water partition coefficient (Wildman–Crippen LogP) is 3.79. The van der Waals surface area contributed by atoms with Gasteiger partial charge in [0.2, 0.25) is 0 Å². The van der Waals surface area contributed by atoms with Crippen LogP contribution >= 0.6 is 0 Å². The van der Waals surface area contributed by atoms with Gasteiger partial charge in [-0.1, -0.05) is 31.3 Å². The summed E-state index contributed by atoms with van der Waals surface area (Å²) in [6, 6.07) is 11.3. The molecule has 26 heavy (non-hydrogen) atoms. The van der Waals surface area contributed by atoms with Crippen LogP contribution in [0.3, 0.4) is 0 Å². The Hall–Kier alpha value is -0.666. The third kappa shape index (κ3) is 7.52. The molecule has 1 aromatic rings. The van der Waals surface area contributed by atoms with Gasteiger partial charge >= 0.3 is 0 Å². The molecule has 6 heteroatoms. The lowest BCUT2D eigenvalue weighted by Gasteiger charge is -2.37. The minimum atomic E-state index is -1.60. The average molecular weight is 396 g/mol. The molecule has 0 spiro atoms. The van der Waals surface area contributed by atoms with Crippen molar-refractivity contribution in [3.05, 3.63) is 30.3 Å². The van der Waals surface area contributed by atoms with Crippen molar-refractivity contribution in [2.45, 2.75) is 56.9 Å².